The number of benzene rings is 1. The van der Waals surface area contributed by atoms with E-state index in [1.165, 1.54) is 0 Å². The topological polar surface area (TPSA) is 75.6 Å². The van der Waals surface area contributed by atoms with Gasteiger partial charge in [-0.25, -0.2) is 4.79 Å². The number of rotatable bonds is 4. The van der Waals surface area contributed by atoms with E-state index >= 15 is 0 Å². The number of carbonyl (C=O) groups excluding carboxylic acids is 1. The predicted octanol–water partition coefficient (Wildman–Crippen LogP) is 4.30. The molecule has 1 fully saturated rings. The van der Waals surface area contributed by atoms with Crippen LogP contribution >= 0.6 is 15.9 Å². The second-order valence-electron chi connectivity index (χ2n) is 6.67. The summed E-state index contributed by atoms with van der Waals surface area (Å²) in [5, 5.41) is 11.8. The summed E-state index contributed by atoms with van der Waals surface area (Å²) in [5.74, 6) is -0.804. The first kappa shape index (κ1) is 16.8. The van der Waals surface area contributed by atoms with Crippen LogP contribution in [0, 0.1) is 0 Å². The Bertz CT molecular complexity index is 603. The van der Waals surface area contributed by atoms with E-state index in [0.29, 0.717) is 5.69 Å². The fraction of sp³-hybridized carbons (Fsp3) is 0.500. The van der Waals surface area contributed by atoms with Crippen molar-refractivity contribution in [2.24, 2.45) is 0 Å². The summed E-state index contributed by atoms with van der Waals surface area (Å²) in [4.78, 5) is 22.9. The van der Waals surface area contributed by atoms with Gasteiger partial charge in [0.15, 0.2) is 0 Å². The SMILES string of the molecule is CC(C)(C)OC(=O)Nc1cc(C2(CC(=O)O)CC2)ccc1Br. The van der Waals surface area contributed by atoms with E-state index in [0.717, 1.165) is 22.9 Å². The van der Waals surface area contributed by atoms with E-state index in [2.05, 4.69) is 21.2 Å². The summed E-state index contributed by atoms with van der Waals surface area (Å²) in [6.07, 6.45) is 1.29. The van der Waals surface area contributed by atoms with Crippen LogP contribution in [0.2, 0.25) is 0 Å². The van der Waals surface area contributed by atoms with Gasteiger partial charge in [-0.15, -0.1) is 0 Å². The van der Waals surface area contributed by atoms with E-state index in [-0.39, 0.29) is 11.8 Å². The smallest absolute Gasteiger partial charge is 0.412 e. The molecule has 1 amide bonds. The average Bonchev–Trinajstić information content (AvgIpc) is 3.09. The van der Waals surface area contributed by atoms with Gasteiger partial charge in [0.1, 0.15) is 5.60 Å². The average molecular weight is 370 g/mol. The Labute approximate surface area is 138 Å². The largest absolute Gasteiger partial charge is 0.481 e. The second kappa shape index (κ2) is 5.91. The van der Waals surface area contributed by atoms with Crippen LogP contribution in [0.5, 0.6) is 0 Å². The lowest BCUT2D eigenvalue weighted by atomic mass is 9.92. The molecule has 1 aromatic rings. The minimum absolute atomic E-state index is 0.112. The number of halogens is 1. The predicted molar refractivity (Wildman–Crippen MR) is 87.2 cm³/mol. The number of amides is 1. The number of ether oxygens (including phenoxy) is 1. The van der Waals surface area contributed by atoms with E-state index in [1.54, 1.807) is 20.8 Å². The molecule has 2 rings (SSSR count). The maximum atomic E-state index is 11.9. The molecule has 0 saturated heterocycles. The highest BCUT2D eigenvalue weighted by Gasteiger charge is 2.46. The van der Waals surface area contributed by atoms with Gasteiger partial charge in [0.2, 0.25) is 0 Å². The van der Waals surface area contributed by atoms with Crippen molar-refractivity contribution in [3.63, 3.8) is 0 Å². The Hall–Kier alpha value is -1.56. The number of nitrogens with one attached hydrogen (secondary N) is 1. The summed E-state index contributed by atoms with van der Waals surface area (Å²) in [5.41, 5.74) is 0.652. The highest BCUT2D eigenvalue weighted by molar-refractivity contribution is 9.10. The van der Waals surface area contributed by atoms with Crippen molar-refractivity contribution in [1.29, 1.82) is 0 Å². The van der Waals surface area contributed by atoms with Crippen molar-refractivity contribution in [3.05, 3.63) is 28.2 Å². The van der Waals surface area contributed by atoms with Gasteiger partial charge in [-0.05, 0) is 67.2 Å². The third-order valence-corrected chi connectivity index (χ3v) is 4.25. The van der Waals surface area contributed by atoms with Crippen LogP contribution in [0.25, 0.3) is 0 Å². The molecular weight excluding hydrogens is 350 g/mol. The van der Waals surface area contributed by atoms with Crippen LogP contribution in [0.3, 0.4) is 0 Å². The summed E-state index contributed by atoms with van der Waals surface area (Å²) in [6, 6.07) is 5.55. The molecule has 1 aliphatic carbocycles. The van der Waals surface area contributed by atoms with Gasteiger partial charge in [0.25, 0.3) is 0 Å². The van der Waals surface area contributed by atoms with Crippen LogP contribution in [0.1, 0.15) is 45.6 Å². The second-order valence-corrected chi connectivity index (χ2v) is 7.53. The summed E-state index contributed by atoms with van der Waals surface area (Å²) < 4.78 is 5.97. The van der Waals surface area contributed by atoms with Gasteiger partial charge >= 0.3 is 12.1 Å². The molecule has 0 bridgehead atoms. The minimum atomic E-state index is -0.804. The third kappa shape index (κ3) is 4.22. The zero-order chi connectivity index (χ0) is 16.5. The molecule has 0 spiro atoms. The Morgan fingerprint density at radius 3 is 2.50 bits per heavy atom. The van der Waals surface area contributed by atoms with E-state index in [9.17, 15) is 9.59 Å². The number of carboxylic acids is 1. The number of carboxylic acid groups (broad SMARTS) is 1. The standard InChI is InChI=1S/C16H20BrNO4/c1-15(2,3)22-14(21)18-12-8-10(4-5-11(12)17)16(6-7-16)9-13(19)20/h4-5,8H,6-7,9H2,1-3H3,(H,18,21)(H,19,20). The van der Waals surface area contributed by atoms with Crippen molar-refractivity contribution in [2.45, 2.75) is 51.0 Å². The monoisotopic (exact) mass is 369 g/mol. The lowest BCUT2D eigenvalue weighted by Gasteiger charge is -2.21. The number of aliphatic carboxylic acids is 1. The molecule has 1 saturated carbocycles. The lowest BCUT2D eigenvalue weighted by molar-refractivity contribution is -0.137. The van der Waals surface area contributed by atoms with Crippen molar-refractivity contribution in [1.82, 2.24) is 0 Å². The molecule has 0 unspecified atom stereocenters. The van der Waals surface area contributed by atoms with Crippen LogP contribution in [0.15, 0.2) is 22.7 Å². The van der Waals surface area contributed by atoms with Gasteiger partial charge in [-0.3, -0.25) is 10.1 Å². The molecule has 0 aromatic heterocycles. The van der Waals surface area contributed by atoms with Crippen LogP contribution < -0.4 is 5.32 Å². The summed E-state index contributed by atoms with van der Waals surface area (Å²) >= 11 is 3.39. The van der Waals surface area contributed by atoms with E-state index in [4.69, 9.17) is 9.84 Å². The molecule has 1 aromatic carbocycles. The van der Waals surface area contributed by atoms with Gasteiger partial charge < -0.3 is 9.84 Å². The quantitative estimate of drug-likeness (QED) is 0.829. The Kier molecular flexibility index (Phi) is 4.52. The third-order valence-electron chi connectivity index (χ3n) is 3.56. The molecule has 1 aliphatic rings. The molecule has 0 heterocycles. The fourth-order valence-corrected chi connectivity index (χ4v) is 2.72. The molecule has 0 radical (unpaired) electrons. The molecule has 22 heavy (non-hydrogen) atoms. The highest BCUT2D eigenvalue weighted by Crippen LogP contribution is 2.51. The normalized spacial score (nSPS) is 16.0. The van der Waals surface area contributed by atoms with Gasteiger partial charge in [0, 0.05) is 9.89 Å². The molecule has 0 atom stereocenters. The first-order valence-corrected chi connectivity index (χ1v) is 7.92. The number of hydrogen-bond donors (Lipinski definition) is 2. The van der Waals surface area contributed by atoms with Crippen LogP contribution in [0.4, 0.5) is 10.5 Å². The van der Waals surface area contributed by atoms with E-state index < -0.39 is 17.7 Å². The van der Waals surface area contributed by atoms with Crippen LogP contribution in [-0.4, -0.2) is 22.8 Å². The van der Waals surface area contributed by atoms with E-state index in [1.807, 2.05) is 18.2 Å². The summed E-state index contributed by atoms with van der Waals surface area (Å²) in [7, 11) is 0. The fourth-order valence-electron chi connectivity index (χ4n) is 2.37. The number of anilines is 1. The summed E-state index contributed by atoms with van der Waals surface area (Å²) in [6.45, 7) is 5.39. The lowest BCUT2D eigenvalue weighted by Crippen LogP contribution is -2.27. The Morgan fingerprint density at radius 2 is 2.00 bits per heavy atom. The molecule has 6 heteroatoms. The first-order valence-electron chi connectivity index (χ1n) is 7.13. The van der Waals surface area contributed by atoms with Crippen LogP contribution in [-0.2, 0) is 14.9 Å². The van der Waals surface area contributed by atoms with Crippen molar-refractivity contribution < 1.29 is 19.4 Å². The molecule has 2 N–H and O–H groups in total. The van der Waals surface area contributed by atoms with Crippen molar-refractivity contribution in [2.75, 3.05) is 5.32 Å². The molecular formula is C16H20BrNO4. The Morgan fingerprint density at radius 1 is 1.36 bits per heavy atom. The highest BCUT2D eigenvalue weighted by atomic mass is 79.9. The zero-order valence-corrected chi connectivity index (χ0v) is 14.5. The zero-order valence-electron chi connectivity index (χ0n) is 12.9. The van der Waals surface area contributed by atoms with Gasteiger partial charge in [-0.2, -0.15) is 0 Å². The van der Waals surface area contributed by atoms with Crippen molar-refractivity contribution in [3.8, 4) is 0 Å². The maximum Gasteiger partial charge on any atom is 0.412 e. The molecule has 0 aliphatic heterocycles. The molecule has 5 nitrogen and oxygen atoms in total. The Balaban J connectivity index is 2.18. The molecule has 120 valence electrons. The van der Waals surface area contributed by atoms with Crippen molar-refractivity contribution >= 4 is 33.7 Å². The first-order chi connectivity index (χ1) is 10.1. The maximum absolute atomic E-state index is 11.9. The number of carbonyl (C=O) groups is 2. The number of hydrogen-bond acceptors (Lipinski definition) is 3. The van der Waals surface area contributed by atoms with Gasteiger partial charge in [0.05, 0.1) is 12.1 Å². The minimum Gasteiger partial charge on any atom is -0.481 e. The van der Waals surface area contributed by atoms with Gasteiger partial charge in [-0.1, -0.05) is 6.07 Å².